The lowest BCUT2D eigenvalue weighted by Crippen LogP contribution is -1.92. The fourth-order valence-electron chi connectivity index (χ4n) is 4.77. The van der Waals surface area contributed by atoms with Crippen molar-refractivity contribution < 1.29 is 0 Å². The molecule has 3 heterocycles. The van der Waals surface area contributed by atoms with Crippen LogP contribution in [0.1, 0.15) is 0 Å². The predicted octanol–water partition coefficient (Wildman–Crippen LogP) is 8.21. The molecule has 0 aliphatic heterocycles. The molecule has 0 saturated carbocycles. The van der Waals surface area contributed by atoms with Crippen molar-refractivity contribution >= 4 is 53.4 Å². The molecule has 3 aromatic heterocycles. The van der Waals surface area contributed by atoms with Crippen LogP contribution in [-0.4, -0.2) is 9.55 Å². The molecule has 0 N–H and O–H groups in total. The molecule has 0 atom stereocenters. The summed E-state index contributed by atoms with van der Waals surface area (Å²) < 4.78 is 3.64. The van der Waals surface area contributed by atoms with Crippen LogP contribution in [-0.2, 0) is 0 Å². The molecule has 4 aromatic carbocycles. The molecule has 0 saturated heterocycles. The normalized spacial score (nSPS) is 11.8. The highest BCUT2D eigenvalue weighted by atomic mass is 32.1. The summed E-state index contributed by atoms with van der Waals surface area (Å²) in [7, 11) is 0. The zero-order chi connectivity index (χ0) is 21.1. The van der Waals surface area contributed by atoms with Gasteiger partial charge >= 0.3 is 0 Å². The number of rotatable bonds is 2. The highest BCUT2D eigenvalue weighted by Gasteiger charge is 2.14. The standard InChI is InChI=1S/C29H18N2S/c1-2-8-21(9-3-1)31-26-12-6-4-10-22(26)24-16-19(14-15-27(24)31)20-17-25-23-11-5-7-13-28(23)32-29(25)30-18-20/h1-18H. The summed E-state index contributed by atoms with van der Waals surface area (Å²) in [5, 5.41) is 5.04. The third kappa shape index (κ3) is 2.55. The van der Waals surface area contributed by atoms with E-state index in [0.717, 1.165) is 10.4 Å². The van der Waals surface area contributed by atoms with Gasteiger partial charge in [-0.3, -0.25) is 0 Å². The van der Waals surface area contributed by atoms with Gasteiger partial charge in [-0.05, 0) is 48.0 Å². The van der Waals surface area contributed by atoms with E-state index < -0.39 is 0 Å². The van der Waals surface area contributed by atoms with E-state index in [1.165, 1.54) is 48.5 Å². The van der Waals surface area contributed by atoms with Gasteiger partial charge in [0.05, 0.1) is 11.0 Å². The number of fused-ring (bicyclic) bond motifs is 6. The minimum atomic E-state index is 1.09. The summed E-state index contributed by atoms with van der Waals surface area (Å²) in [5.74, 6) is 0. The highest BCUT2D eigenvalue weighted by molar-refractivity contribution is 7.25. The van der Waals surface area contributed by atoms with Gasteiger partial charge in [0.15, 0.2) is 0 Å². The summed E-state index contributed by atoms with van der Waals surface area (Å²) in [4.78, 5) is 5.90. The van der Waals surface area contributed by atoms with E-state index in [9.17, 15) is 0 Å². The minimum absolute atomic E-state index is 1.09. The van der Waals surface area contributed by atoms with Crippen molar-refractivity contribution in [1.29, 1.82) is 0 Å². The van der Waals surface area contributed by atoms with E-state index in [-0.39, 0.29) is 0 Å². The summed E-state index contributed by atoms with van der Waals surface area (Å²) in [6, 6.07) is 36.9. The number of para-hydroxylation sites is 2. The van der Waals surface area contributed by atoms with Crippen LogP contribution in [0.5, 0.6) is 0 Å². The Kier molecular flexibility index (Phi) is 3.75. The molecule has 7 rings (SSSR count). The largest absolute Gasteiger partial charge is 0.309 e. The summed E-state index contributed by atoms with van der Waals surface area (Å²) >= 11 is 1.76. The van der Waals surface area contributed by atoms with E-state index >= 15 is 0 Å². The maximum absolute atomic E-state index is 4.80. The zero-order valence-corrected chi connectivity index (χ0v) is 18.0. The van der Waals surface area contributed by atoms with Gasteiger partial charge in [-0.25, -0.2) is 4.98 Å². The quantitative estimate of drug-likeness (QED) is 0.272. The number of hydrogen-bond donors (Lipinski definition) is 0. The third-order valence-electron chi connectivity index (χ3n) is 6.26. The summed E-state index contributed by atoms with van der Waals surface area (Å²) in [6.45, 7) is 0. The van der Waals surface area contributed by atoms with Gasteiger partial charge in [-0.2, -0.15) is 0 Å². The number of nitrogens with zero attached hydrogens (tertiary/aromatic N) is 2. The number of aromatic nitrogens is 2. The van der Waals surface area contributed by atoms with Gasteiger partial charge in [0.2, 0.25) is 0 Å². The smallest absolute Gasteiger partial charge is 0.124 e. The van der Waals surface area contributed by atoms with Crippen molar-refractivity contribution in [3.63, 3.8) is 0 Å². The summed E-state index contributed by atoms with van der Waals surface area (Å²) in [6.07, 6.45) is 2.01. The van der Waals surface area contributed by atoms with Crippen molar-refractivity contribution in [2.24, 2.45) is 0 Å². The Labute approximate surface area is 189 Å². The third-order valence-corrected chi connectivity index (χ3v) is 7.35. The van der Waals surface area contributed by atoms with Crippen LogP contribution in [0, 0.1) is 0 Å². The summed E-state index contributed by atoms with van der Waals surface area (Å²) in [5.41, 5.74) is 5.97. The van der Waals surface area contributed by atoms with Crippen molar-refractivity contribution in [2.75, 3.05) is 0 Å². The maximum Gasteiger partial charge on any atom is 0.124 e. The van der Waals surface area contributed by atoms with Crippen LogP contribution in [0.2, 0.25) is 0 Å². The second kappa shape index (κ2) is 6.78. The molecule has 0 aliphatic carbocycles. The molecule has 2 nitrogen and oxygen atoms in total. The number of pyridine rings is 1. The number of hydrogen-bond acceptors (Lipinski definition) is 2. The number of benzene rings is 4. The van der Waals surface area contributed by atoms with Crippen LogP contribution in [0.3, 0.4) is 0 Å². The first kappa shape index (κ1) is 17.7. The van der Waals surface area contributed by atoms with Gasteiger partial charge in [0, 0.05) is 43.7 Å². The highest BCUT2D eigenvalue weighted by Crippen LogP contribution is 2.37. The van der Waals surface area contributed by atoms with Gasteiger partial charge < -0.3 is 4.57 Å². The molecule has 0 radical (unpaired) electrons. The molecular formula is C29H18N2S. The van der Waals surface area contributed by atoms with Crippen molar-refractivity contribution in [1.82, 2.24) is 9.55 Å². The Morgan fingerprint density at radius 1 is 0.562 bits per heavy atom. The maximum atomic E-state index is 4.80. The van der Waals surface area contributed by atoms with E-state index in [1.54, 1.807) is 11.3 Å². The van der Waals surface area contributed by atoms with Gasteiger partial charge in [-0.15, -0.1) is 11.3 Å². The van der Waals surface area contributed by atoms with Crippen LogP contribution in [0.4, 0.5) is 0 Å². The molecule has 0 fully saturated rings. The lowest BCUT2D eigenvalue weighted by molar-refractivity contribution is 1.18. The molecule has 7 aromatic rings. The fourth-order valence-corrected chi connectivity index (χ4v) is 5.80. The Bertz CT molecular complexity index is 1770. The van der Waals surface area contributed by atoms with E-state index in [4.69, 9.17) is 4.98 Å². The molecule has 0 amide bonds. The van der Waals surface area contributed by atoms with Crippen LogP contribution >= 0.6 is 11.3 Å². The Morgan fingerprint density at radius 3 is 2.19 bits per heavy atom. The molecule has 150 valence electrons. The average Bonchev–Trinajstić information content (AvgIpc) is 3.39. The first-order chi connectivity index (χ1) is 15.9. The van der Waals surface area contributed by atoms with Crippen molar-refractivity contribution in [2.45, 2.75) is 0 Å². The van der Waals surface area contributed by atoms with Crippen LogP contribution in [0.15, 0.2) is 109 Å². The fraction of sp³-hybridized carbons (Fsp3) is 0. The molecule has 0 unspecified atom stereocenters. The van der Waals surface area contributed by atoms with E-state index in [1.807, 2.05) is 6.20 Å². The van der Waals surface area contributed by atoms with Crippen LogP contribution in [0.25, 0.3) is 58.9 Å². The number of thiophene rings is 1. The van der Waals surface area contributed by atoms with Crippen molar-refractivity contribution in [3.05, 3.63) is 109 Å². The molecule has 0 aliphatic rings. The predicted molar refractivity (Wildman–Crippen MR) is 137 cm³/mol. The Hall–Kier alpha value is -3.95. The molecule has 0 bridgehead atoms. The second-order valence-corrected chi connectivity index (χ2v) is 9.13. The molecule has 32 heavy (non-hydrogen) atoms. The lowest BCUT2D eigenvalue weighted by Gasteiger charge is -2.08. The van der Waals surface area contributed by atoms with E-state index in [2.05, 4.69) is 108 Å². The average molecular weight is 427 g/mol. The topological polar surface area (TPSA) is 17.8 Å². The lowest BCUT2D eigenvalue weighted by atomic mass is 10.0. The van der Waals surface area contributed by atoms with Crippen molar-refractivity contribution in [3.8, 4) is 16.8 Å². The molecule has 3 heteroatoms. The molecular weight excluding hydrogens is 408 g/mol. The van der Waals surface area contributed by atoms with Crippen LogP contribution < -0.4 is 0 Å². The Morgan fingerprint density at radius 2 is 1.28 bits per heavy atom. The monoisotopic (exact) mass is 426 g/mol. The van der Waals surface area contributed by atoms with Gasteiger partial charge in [-0.1, -0.05) is 60.7 Å². The van der Waals surface area contributed by atoms with Gasteiger partial charge in [0.25, 0.3) is 0 Å². The Balaban J connectivity index is 1.49. The zero-order valence-electron chi connectivity index (χ0n) is 17.2. The second-order valence-electron chi connectivity index (χ2n) is 8.09. The van der Waals surface area contributed by atoms with E-state index in [0.29, 0.717) is 0 Å². The first-order valence-electron chi connectivity index (χ1n) is 10.7. The first-order valence-corrected chi connectivity index (χ1v) is 11.5. The van der Waals surface area contributed by atoms with Gasteiger partial charge in [0.1, 0.15) is 4.83 Å². The SMILES string of the molecule is c1ccc(-n2c3ccccc3c3cc(-c4cnc5sc6ccccc6c5c4)ccc32)cc1. The molecule has 0 spiro atoms. The minimum Gasteiger partial charge on any atom is -0.309 e.